The van der Waals surface area contributed by atoms with E-state index in [1.165, 1.54) is 17.7 Å². The van der Waals surface area contributed by atoms with E-state index in [4.69, 9.17) is 9.47 Å². The van der Waals surface area contributed by atoms with Gasteiger partial charge in [-0.15, -0.1) is 0 Å². The van der Waals surface area contributed by atoms with Crippen LogP contribution in [-0.4, -0.2) is 47.7 Å². The topological polar surface area (TPSA) is 76.1 Å². The molecule has 3 rings (SSSR count). The molecule has 1 aromatic rings. The molecule has 0 bridgehead atoms. The lowest BCUT2D eigenvalue weighted by Crippen LogP contribution is -2.43. The Hall–Kier alpha value is -2.24. The number of benzene rings is 1. The number of Topliss-reactive ketones (excluding diaryl/α,β-unsaturated/α-hetero) is 1. The van der Waals surface area contributed by atoms with Crippen LogP contribution < -0.4 is 9.47 Å². The Morgan fingerprint density at radius 2 is 1.89 bits per heavy atom. The van der Waals surface area contributed by atoms with Crippen molar-refractivity contribution in [2.75, 3.05) is 13.7 Å². The maximum Gasteiger partial charge on any atom is 0.407 e. The molecule has 1 aromatic carbocycles. The van der Waals surface area contributed by atoms with Gasteiger partial charge in [0.1, 0.15) is 5.78 Å². The van der Waals surface area contributed by atoms with Gasteiger partial charge in [-0.25, -0.2) is 4.79 Å². The van der Waals surface area contributed by atoms with Crippen molar-refractivity contribution in [2.45, 2.75) is 64.5 Å². The van der Waals surface area contributed by atoms with Crippen LogP contribution in [0.25, 0.3) is 0 Å². The maximum absolute atomic E-state index is 12.5. The monoisotopic (exact) mass is 375 g/mol. The second kappa shape index (κ2) is 7.41. The first kappa shape index (κ1) is 19.5. The lowest BCUT2D eigenvalue weighted by atomic mass is 9.69. The summed E-state index contributed by atoms with van der Waals surface area (Å²) in [6, 6.07) is 5.32. The molecule has 2 aliphatic rings. The summed E-state index contributed by atoms with van der Waals surface area (Å²) in [6.07, 6.45) is 3.60. The molecule has 1 saturated heterocycles. The number of carboxylic acid groups (broad SMARTS) is 1. The fourth-order valence-electron chi connectivity index (χ4n) is 4.58. The number of likely N-dealkylation sites (tertiary alicyclic amines) is 1. The van der Waals surface area contributed by atoms with Gasteiger partial charge in [0.25, 0.3) is 0 Å². The van der Waals surface area contributed by atoms with Crippen LogP contribution in [-0.2, 0) is 4.79 Å². The molecule has 6 nitrogen and oxygen atoms in total. The van der Waals surface area contributed by atoms with E-state index in [-0.39, 0.29) is 23.8 Å². The molecule has 1 heterocycles. The number of nitrogens with zero attached hydrogens (tertiary/aromatic N) is 1. The molecule has 0 spiro atoms. The van der Waals surface area contributed by atoms with Gasteiger partial charge in [-0.2, -0.15) is 0 Å². The van der Waals surface area contributed by atoms with Crippen molar-refractivity contribution in [3.8, 4) is 11.5 Å². The summed E-state index contributed by atoms with van der Waals surface area (Å²) in [4.78, 5) is 25.6. The van der Waals surface area contributed by atoms with Crippen molar-refractivity contribution in [3.05, 3.63) is 23.8 Å². The first-order chi connectivity index (χ1) is 12.8. The first-order valence-electron chi connectivity index (χ1n) is 9.64. The lowest BCUT2D eigenvalue weighted by molar-refractivity contribution is -0.127. The van der Waals surface area contributed by atoms with Gasteiger partial charge in [-0.3, -0.25) is 4.79 Å². The molecular weight excluding hydrogens is 346 g/mol. The molecule has 0 radical (unpaired) electrons. The van der Waals surface area contributed by atoms with Crippen LogP contribution in [0.1, 0.15) is 57.9 Å². The van der Waals surface area contributed by atoms with Crippen molar-refractivity contribution < 1.29 is 24.2 Å². The maximum atomic E-state index is 12.5. The van der Waals surface area contributed by atoms with Crippen LogP contribution >= 0.6 is 0 Å². The summed E-state index contributed by atoms with van der Waals surface area (Å²) < 4.78 is 11.6. The molecule has 3 unspecified atom stereocenters. The minimum absolute atomic E-state index is 0.00201. The third kappa shape index (κ3) is 3.37. The highest BCUT2D eigenvalue weighted by atomic mass is 16.5. The van der Waals surface area contributed by atoms with E-state index >= 15 is 0 Å². The molecule has 0 aromatic heterocycles. The number of ketones is 1. The van der Waals surface area contributed by atoms with Crippen LogP contribution in [0.4, 0.5) is 4.79 Å². The number of methoxy groups -OCH3 is 1. The first-order valence-corrected chi connectivity index (χ1v) is 9.64. The summed E-state index contributed by atoms with van der Waals surface area (Å²) in [5.74, 6) is 1.11. The van der Waals surface area contributed by atoms with Crippen LogP contribution in [0.15, 0.2) is 18.2 Å². The quantitative estimate of drug-likeness (QED) is 0.839. The Bertz CT molecular complexity index is 727. The van der Waals surface area contributed by atoms with Gasteiger partial charge < -0.3 is 19.5 Å². The van der Waals surface area contributed by atoms with Crippen LogP contribution in [0.3, 0.4) is 0 Å². The fourth-order valence-corrected chi connectivity index (χ4v) is 4.58. The highest BCUT2D eigenvalue weighted by molar-refractivity contribution is 5.86. The zero-order valence-electron chi connectivity index (χ0n) is 16.5. The Labute approximate surface area is 160 Å². The molecule has 148 valence electrons. The number of hydrogen-bond donors (Lipinski definition) is 1. The molecule has 2 fully saturated rings. The minimum atomic E-state index is -0.992. The van der Waals surface area contributed by atoms with Crippen molar-refractivity contribution in [3.63, 3.8) is 0 Å². The SMILES string of the molecule is COc1ccc(C2CN(C(=O)O)C(C)C2(C)C(C)=O)cc1OC1CCCC1. The molecule has 3 atom stereocenters. The molecule has 1 amide bonds. The van der Waals surface area contributed by atoms with Crippen molar-refractivity contribution in [1.29, 1.82) is 0 Å². The highest BCUT2D eigenvalue weighted by Crippen LogP contribution is 2.49. The largest absolute Gasteiger partial charge is 0.493 e. The molecule has 1 N–H and O–H groups in total. The number of carbonyl (C=O) groups is 2. The number of carbonyl (C=O) groups excluding carboxylic acids is 1. The van der Waals surface area contributed by atoms with Crippen LogP contribution in [0, 0.1) is 5.41 Å². The van der Waals surface area contributed by atoms with Gasteiger partial charge in [0.05, 0.1) is 18.6 Å². The van der Waals surface area contributed by atoms with Gasteiger partial charge >= 0.3 is 6.09 Å². The molecular formula is C21H29NO5. The average molecular weight is 375 g/mol. The van der Waals surface area contributed by atoms with E-state index in [0.29, 0.717) is 18.0 Å². The average Bonchev–Trinajstić information content (AvgIpc) is 3.23. The number of ether oxygens (including phenoxy) is 2. The van der Waals surface area contributed by atoms with E-state index < -0.39 is 11.5 Å². The van der Waals surface area contributed by atoms with Crippen molar-refractivity contribution in [1.82, 2.24) is 4.90 Å². The summed E-state index contributed by atoms with van der Waals surface area (Å²) in [5.41, 5.74) is 0.134. The van der Waals surface area contributed by atoms with Crippen molar-refractivity contribution in [2.24, 2.45) is 5.41 Å². The summed E-state index contributed by atoms with van der Waals surface area (Å²) in [6.45, 7) is 5.53. The lowest BCUT2D eigenvalue weighted by Gasteiger charge is -2.33. The zero-order valence-corrected chi connectivity index (χ0v) is 16.5. The molecule has 6 heteroatoms. The third-order valence-corrected chi connectivity index (χ3v) is 6.63. The van der Waals surface area contributed by atoms with Crippen LogP contribution in [0.2, 0.25) is 0 Å². The predicted octanol–water partition coefficient (Wildman–Crippen LogP) is 4.08. The van der Waals surface area contributed by atoms with Gasteiger partial charge in [0, 0.05) is 18.5 Å². The van der Waals surface area contributed by atoms with Gasteiger partial charge in [-0.05, 0) is 57.2 Å². The Morgan fingerprint density at radius 1 is 1.22 bits per heavy atom. The summed E-state index contributed by atoms with van der Waals surface area (Å²) in [5, 5.41) is 9.56. The minimum Gasteiger partial charge on any atom is -0.493 e. The smallest absolute Gasteiger partial charge is 0.407 e. The fraction of sp³-hybridized carbons (Fsp3) is 0.619. The molecule has 27 heavy (non-hydrogen) atoms. The van der Waals surface area contributed by atoms with Gasteiger partial charge in [0.2, 0.25) is 0 Å². The second-order valence-electron chi connectivity index (χ2n) is 7.94. The standard InChI is InChI=1S/C21H29NO5/c1-13-21(3,14(2)23)17(12-22(13)20(24)25)15-9-10-18(26-4)19(11-15)27-16-7-5-6-8-16/h9-11,13,16-17H,5-8,12H2,1-4H3,(H,24,25). The summed E-state index contributed by atoms with van der Waals surface area (Å²) in [7, 11) is 1.61. The van der Waals surface area contributed by atoms with E-state index in [1.54, 1.807) is 14.0 Å². The third-order valence-electron chi connectivity index (χ3n) is 6.63. The molecule has 1 aliphatic heterocycles. The summed E-state index contributed by atoms with van der Waals surface area (Å²) >= 11 is 0. The van der Waals surface area contributed by atoms with Gasteiger partial charge in [0.15, 0.2) is 11.5 Å². The number of hydrogen-bond acceptors (Lipinski definition) is 4. The zero-order chi connectivity index (χ0) is 19.8. The van der Waals surface area contributed by atoms with E-state index in [9.17, 15) is 14.7 Å². The normalized spacial score (nSPS) is 28.4. The Kier molecular flexibility index (Phi) is 5.36. The highest BCUT2D eigenvalue weighted by Gasteiger charge is 2.54. The Balaban J connectivity index is 1.98. The van der Waals surface area contributed by atoms with Crippen LogP contribution in [0.5, 0.6) is 11.5 Å². The van der Waals surface area contributed by atoms with E-state index in [1.807, 2.05) is 32.0 Å². The second-order valence-corrected chi connectivity index (χ2v) is 7.94. The predicted molar refractivity (Wildman–Crippen MR) is 102 cm³/mol. The van der Waals surface area contributed by atoms with Crippen molar-refractivity contribution >= 4 is 11.9 Å². The molecule has 1 saturated carbocycles. The molecule has 1 aliphatic carbocycles. The van der Waals surface area contributed by atoms with E-state index in [2.05, 4.69) is 0 Å². The van der Waals surface area contributed by atoms with E-state index in [0.717, 1.165) is 18.4 Å². The number of amides is 1. The van der Waals surface area contributed by atoms with Gasteiger partial charge in [-0.1, -0.05) is 13.0 Å². The Morgan fingerprint density at radius 3 is 2.44 bits per heavy atom. The number of rotatable bonds is 5.